The minimum atomic E-state index is -1.68. The molecule has 4 rings (SSSR count). The molecule has 0 saturated carbocycles. The summed E-state index contributed by atoms with van der Waals surface area (Å²) in [5, 5.41) is 3.75. The molecule has 7 heteroatoms. The summed E-state index contributed by atoms with van der Waals surface area (Å²) < 4.78 is 16.9. The normalized spacial score (nSPS) is 21.2. The summed E-state index contributed by atoms with van der Waals surface area (Å²) in [6, 6.07) is 10.3. The van der Waals surface area contributed by atoms with Gasteiger partial charge in [-0.3, -0.25) is 0 Å². The Bertz CT molecular complexity index is 1160. The lowest BCUT2D eigenvalue weighted by atomic mass is 10.0. The largest absolute Gasteiger partial charge is 0.494 e. The number of rotatable bonds is 7. The van der Waals surface area contributed by atoms with E-state index < -0.39 is 10.0 Å². The fourth-order valence-electron chi connectivity index (χ4n) is 4.34. The third-order valence-electron chi connectivity index (χ3n) is 6.04. The van der Waals surface area contributed by atoms with Gasteiger partial charge in [0.2, 0.25) is 6.79 Å². The molecule has 2 aliphatic heterocycles. The van der Waals surface area contributed by atoms with Gasteiger partial charge in [0.15, 0.2) is 16.7 Å². The van der Waals surface area contributed by atoms with Crippen LogP contribution in [0.3, 0.4) is 0 Å². The van der Waals surface area contributed by atoms with Gasteiger partial charge < -0.3 is 19.1 Å². The highest BCUT2D eigenvalue weighted by atomic mass is 35.5. The van der Waals surface area contributed by atoms with Gasteiger partial charge in [-0.25, -0.2) is 4.99 Å². The first-order chi connectivity index (χ1) is 15.9. The Kier molecular flexibility index (Phi) is 6.83. The molecule has 1 unspecified atom stereocenters. The predicted molar refractivity (Wildman–Crippen MR) is 137 cm³/mol. The fraction of sp³-hybridized carbons (Fsp3) is 0.346. The van der Waals surface area contributed by atoms with Gasteiger partial charge in [-0.2, -0.15) is 0 Å². The van der Waals surface area contributed by atoms with Crippen molar-refractivity contribution in [3.8, 4) is 29.6 Å². The molecule has 2 aliphatic rings. The Hall–Kier alpha value is -2.75. The number of benzene rings is 2. The average Bonchev–Trinajstić information content (AvgIpc) is 3.44. The van der Waals surface area contributed by atoms with Crippen LogP contribution in [0.5, 0.6) is 17.2 Å². The van der Waals surface area contributed by atoms with E-state index in [0.29, 0.717) is 17.3 Å². The van der Waals surface area contributed by atoms with Gasteiger partial charge in [-0.05, 0) is 54.3 Å². The maximum absolute atomic E-state index is 6.64. The molecule has 2 atom stereocenters. The second-order valence-electron chi connectivity index (χ2n) is 8.16. The molecular weight excluding hydrogens is 456 g/mol. The van der Waals surface area contributed by atoms with Crippen LogP contribution < -0.4 is 14.2 Å². The molecular formula is C26H29ClN2O3S. The van der Waals surface area contributed by atoms with Crippen molar-refractivity contribution in [3.05, 3.63) is 58.1 Å². The van der Waals surface area contributed by atoms with Gasteiger partial charge in [-0.15, -0.1) is 16.5 Å². The fourth-order valence-corrected chi connectivity index (χ4v) is 7.29. The summed E-state index contributed by atoms with van der Waals surface area (Å²) >= 11 is 6.64. The minimum Gasteiger partial charge on any atom is -0.494 e. The van der Waals surface area contributed by atoms with Crippen molar-refractivity contribution >= 4 is 26.8 Å². The molecule has 174 valence electrons. The maximum atomic E-state index is 6.64. The quantitative estimate of drug-likeness (QED) is 0.421. The summed E-state index contributed by atoms with van der Waals surface area (Å²) in [5.74, 6) is 5.10. The van der Waals surface area contributed by atoms with Crippen LogP contribution in [0.15, 0.2) is 51.8 Å². The Labute approximate surface area is 202 Å². The summed E-state index contributed by atoms with van der Waals surface area (Å²) in [6.07, 6.45) is 11.9. The highest BCUT2D eigenvalue weighted by Crippen LogP contribution is 2.63. The van der Waals surface area contributed by atoms with E-state index in [1.54, 1.807) is 7.11 Å². The summed E-state index contributed by atoms with van der Waals surface area (Å²) in [5.41, 5.74) is 2.10. The lowest BCUT2D eigenvalue weighted by Gasteiger charge is -2.42. The second-order valence-corrected chi connectivity index (χ2v) is 11.6. The van der Waals surface area contributed by atoms with Gasteiger partial charge in [0.1, 0.15) is 5.75 Å². The second kappa shape index (κ2) is 9.62. The molecule has 2 heterocycles. The first-order valence-corrected chi connectivity index (χ1v) is 13.4. The van der Waals surface area contributed by atoms with E-state index in [1.165, 1.54) is 0 Å². The van der Waals surface area contributed by atoms with Crippen molar-refractivity contribution in [2.75, 3.05) is 26.7 Å². The van der Waals surface area contributed by atoms with Crippen LogP contribution in [0.2, 0.25) is 5.02 Å². The Morgan fingerprint density at radius 2 is 2.06 bits per heavy atom. The van der Waals surface area contributed by atoms with Crippen LogP contribution in [-0.2, 0) is 0 Å². The van der Waals surface area contributed by atoms with Crippen molar-refractivity contribution in [1.82, 2.24) is 4.90 Å². The molecule has 2 aromatic rings. The minimum absolute atomic E-state index is 0.0398. The topological polar surface area (TPSA) is 43.3 Å². The molecule has 0 bridgehead atoms. The Morgan fingerprint density at radius 3 is 2.79 bits per heavy atom. The molecule has 2 aromatic carbocycles. The number of aryl methyl sites for hydroxylation is 1. The van der Waals surface area contributed by atoms with E-state index in [-0.39, 0.29) is 12.8 Å². The summed E-state index contributed by atoms with van der Waals surface area (Å²) in [4.78, 5) is 8.15. The van der Waals surface area contributed by atoms with Gasteiger partial charge in [0, 0.05) is 11.1 Å². The summed E-state index contributed by atoms with van der Waals surface area (Å²) in [6.45, 7) is 4.84. The third kappa shape index (κ3) is 4.16. The number of methoxy groups -OCH3 is 1. The zero-order valence-corrected chi connectivity index (χ0v) is 21.0. The van der Waals surface area contributed by atoms with E-state index in [1.807, 2.05) is 25.3 Å². The Balaban J connectivity index is 1.80. The number of halogens is 1. The van der Waals surface area contributed by atoms with Gasteiger partial charge in [0.25, 0.3) is 0 Å². The van der Waals surface area contributed by atoms with Crippen LogP contribution in [0, 0.1) is 19.3 Å². The number of hydrogen-bond acceptors (Lipinski definition) is 5. The molecule has 0 aliphatic carbocycles. The predicted octanol–water partition coefficient (Wildman–Crippen LogP) is 6.50. The molecule has 0 spiro atoms. The number of terminal acetylenes is 1. The lowest BCUT2D eigenvalue weighted by Crippen LogP contribution is -2.37. The van der Waals surface area contributed by atoms with E-state index in [4.69, 9.17) is 37.2 Å². The third-order valence-corrected chi connectivity index (χ3v) is 9.51. The van der Waals surface area contributed by atoms with Crippen molar-refractivity contribution in [2.24, 2.45) is 4.99 Å². The average molecular weight is 485 g/mol. The number of nitrogens with zero attached hydrogens (tertiary/aromatic N) is 2. The SMILES string of the molecule is C#CCN(C1=NC=CS1(C)c1ccc(C)c(Cl)c1OC)[C@@H](CCC)c1ccc2c(c1)OCO2. The van der Waals surface area contributed by atoms with Crippen molar-refractivity contribution < 1.29 is 14.2 Å². The molecule has 33 heavy (non-hydrogen) atoms. The Morgan fingerprint density at radius 1 is 1.27 bits per heavy atom. The zero-order chi connectivity index (χ0) is 23.6. The van der Waals surface area contributed by atoms with Crippen molar-refractivity contribution in [3.63, 3.8) is 0 Å². The first-order valence-electron chi connectivity index (χ1n) is 10.9. The van der Waals surface area contributed by atoms with Crippen LogP contribution in [0.25, 0.3) is 0 Å². The lowest BCUT2D eigenvalue weighted by molar-refractivity contribution is 0.174. The van der Waals surface area contributed by atoms with E-state index in [9.17, 15) is 0 Å². The number of aliphatic imine (C=N–C) groups is 1. The van der Waals surface area contributed by atoms with Gasteiger partial charge in [0.05, 0.1) is 24.7 Å². The smallest absolute Gasteiger partial charge is 0.231 e. The van der Waals surface area contributed by atoms with E-state index in [2.05, 4.69) is 47.6 Å². The number of ether oxygens (including phenoxy) is 3. The molecule has 5 nitrogen and oxygen atoms in total. The molecule has 0 saturated heterocycles. The molecule has 0 aromatic heterocycles. The molecule has 0 radical (unpaired) electrons. The zero-order valence-electron chi connectivity index (χ0n) is 19.4. The maximum Gasteiger partial charge on any atom is 0.231 e. The summed E-state index contributed by atoms with van der Waals surface area (Å²) in [7, 11) is -0.0142. The molecule has 0 fully saturated rings. The van der Waals surface area contributed by atoms with Crippen molar-refractivity contribution in [1.29, 1.82) is 0 Å². The first kappa shape index (κ1) is 23.4. The number of fused-ring (bicyclic) bond motifs is 1. The van der Waals surface area contributed by atoms with E-state index >= 15 is 0 Å². The van der Waals surface area contributed by atoms with Crippen LogP contribution in [-0.4, -0.2) is 36.8 Å². The highest BCUT2D eigenvalue weighted by Gasteiger charge is 2.38. The van der Waals surface area contributed by atoms with E-state index in [0.717, 1.165) is 45.5 Å². The molecule has 0 amide bonds. The van der Waals surface area contributed by atoms with Crippen LogP contribution >= 0.6 is 21.6 Å². The van der Waals surface area contributed by atoms with Gasteiger partial charge in [-0.1, -0.05) is 43.0 Å². The van der Waals surface area contributed by atoms with Crippen LogP contribution in [0.1, 0.15) is 36.9 Å². The monoisotopic (exact) mass is 484 g/mol. The van der Waals surface area contributed by atoms with Crippen LogP contribution in [0.4, 0.5) is 0 Å². The molecule has 0 N–H and O–H groups in total. The van der Waals surface area contributed by atoms with Crippen molar-refractivity contribution in [2.45, 2.75) is 37.6 Å². The standard InChI is InChI=1S/C26H29ClN2O3S/c1-6-8-20(19-10-11-21-22(16-19)32-17-31-21)29(14-7-2)26-28-13-15-33(26,5)23-12-9-18(3)24(27)25(23)30-4/h2,9-13,15-16,20H,6,8,14,17H2,1,3-5H3/t20-/m0/s1. The highest BCUT2D eigenvalue weighted by molar-refractivity contribution is 8.47. The number of amidine groups is 1. The number of hydrogen-bond donors (Lipinski definition) is 0. The van der Waals surface area contributed by atoms with Gasteiger partial charge >= 0.3 is 0 Å².